The zero-order valence-corrected chi connectivity index (χ0v) is 11.6. The van der Waals surface area contributed by atoms with Crippen LogP contribution in [0.4, 0.5) is 10.5 Å². The van der Waals surface area contributed by atoms with Crippen molar-refractivity contribution in [2.75, 3.05) is 11.9 Å². The summed E-state index contributed by atoms with van der Waals surface area (Å²) in [6.07, 6.45) is 3.10. The standard InChI is InChI=1S/C15H22N2O2/c1-11(18)12-5-3-6-13(9-12)17-14(19)16-10-15(2)7-4-8-15/h3,5-6,9,11,18H,4,7-8,10H2,1-2H3,(H2,16,17,19). The predicted molar refractivity (Wildman–Crippen MR) is 76.1 cm³/mol. The second kappa shape index (κ2) is 5.61. The summed E-state index contributed by atoms with van der Waals surface area (Å²) >= 11 is 0. The monoisotopic (exact) mass is 262 g/mol. The van der Waals surface area contributed by atoms with Crippen LogP contribution in [-0.4, -0.2) is 17.7 Å². The topological polar surface area (TPSA) is 61.4 Å². The molecule has 1 aromatic carbocycles. The molecule has 1 unspecified atom stereocenters. The molecule has 0 radical (unpaired) electrons. The molecule has 3 N–H and O–H groups in total. The van der Waals surface area contributed by atoms with E-state index in [1.54, 1.807) is 13.0 Å². The maximum absolute atomic E-state index is 11.8. The number of nitrogens with one attached hydrogen (secondary N) is 2. The number of rotatable bonds is 4. The molecule has 1 fully saturated rings. The number of aliphatic hydroxyl groups is 1. The molecule has 104 valence electrons. The number of anilines is 1. The van der Waals surface area contributed by atoms with E-state index >= 15 is 0 Å². The summed E-state index contributed by atoms with van der Waals surface area (Å²) in [7, 11) is 0. The van der Waals surface area contributed by atoms with E-state index in [0.29, 0.717) is 5.69 Å². The van der Waals surface area contributed by atoms with Gasteiger partial charge in [-0.3, -0.25) is 0 Å². The van der Waals surface area contributed by atoms with Crippen molar-refractivity contribution >= 4 is 11.7 Å². The third-order valence-corrected chi connectivity index (χ3v) is 3.86. The number of amides is 2. The van der Waals surface area contributed by atoms with E-state index in [9.17, 15) is 9.90 Å². The first-order valence-corrected chi connectivity index (χ1v) is 6.81. The molecule has 4 nitrogen and oxygen atoms in total. The highest BCUT2D eigenvalue weighted by atomic mass is 16.3. The average molecular weight is 262 g/mol. The summed E-state index contributed by atoms with van der Waals surface area (Å²) in [5, 5.41) is 15.2. The van der Waals surface area contributed by atoms with E-state index in [0.717, 1.165) is 12.1 Å². The summed E-state index contributed by atoms with van der Waals surface area (Å²) in [6, 6.07) is 7.08. The molecular formula is C15H22N2O2. The van der Waals surface area contributed by atoms with Crippen LogP contribution in [0.3, 0.4) is 0 Å². The van der Waals surface area contributed by atoms with Gasteiger partial charge in [0, 0.05) is 12.2 Å². The third kappa shape index (κ3) is 3.70. The van der Waals surface area contributed by atoms with Gasteiger partial charge >= 0.3 is 6.03 Å². The van der Waals surface area contributed by atoms with Crippen molar-refractivity contribution in [3.05, 3.63) is 29.8 Å². The zero-order chi connectivity index (χ0) is 13.9. The van der Waals surface area contributed by atoms with Crippen molar-refractivity contribution in [2.45, 2.75) is 39.2 Å². The van der Waals surface area contributed by atoms with Crippen LogP contribution in [0.1, 0.15) is 44.8 Å². The highest BCUT2D eigenvalue weighted by molar-refractivity contribution is 5.89. The summed E-state index contributed by atoms with van der Waals surface area (Å²) in [5.41, 5.74) is 1.78. The van der Waals surface area contributed by atoms with Crippen molar-refractivity contribution in [1.29, 1.82) is 0 Å². The Balaban J connectivity index is 1.86. The van der Waals surface area contributed by atoms with Crippen LogP contribution in [-0.2, 0) is 0 Å². The predicted octanol–water partition coefficient (Wildman–Crippen LogP) is 3.05. The number of aliphatic hydroxyl groups excluding tert-OH is 1. The largest absolute Gasteiger partial charge is 0.389 e. The van der Waals surface area contributed by atoms with Gasteiger partial charge in [0.1, 0.15) is 0 Å². The number of carbonyl (C=O) groups excluding carboxylic acids is 1. The van der Waals surface area contributed by atoms with E-state index in [1.807, 2.05) is 18.2 Å². The summed E-state index contributed by atoms with van der Waals surface area (Å²) in [5.74, 6) is 0. The van der Waals surface area contributed by atoms with Gasteiger partial charge in [-0.2, -0.15) is 0 Å². The fraction of sp³-hybridized carbons (Fsp3) is 0.533. The van der Waals surface area contributed by atoms with E-state index in [-0.39, 0.29) is 11.4 Å². The lowest BCUT2D eigenvalue weighted by Crippen LogP contribution is -2.41. The van der Waals surface area contributed by atoms with Gasteiger partial charge in [-0.1, -0.05) is 25.5 Å². The molecule has 0 saturated heterocycles. The maximum atomic E-state index is 11.8. The van der Waals surface area contributed by atoms with E-state index in [1.165, 1.54) is 19.3 Å². The lowest BCUT2D eigenvalue weighted by molar-refractivity contribution is 0.159. The summed E-state index contributed by atoms with van der Waals surface area (Å²) in [4.78, 5) is 11.8. The van der Waals surface area contributed by atoms with E-state index in [2.05, 4.69) is 17.6 Å². The Kier molecular flexibility index (Phi) is 4.10. The highest BCUT2D eigenvalue weighted by Gasteiger charge is 2.31. The lowest BCUT2D eigenvalue weighted by atomic mass is 9.70. The maximum Gasteiger partial charge on any atom is 0.319 e. The van der Waals surface area contributed by atoms with Crippen LogP contribution < -0.4 is 10.6 Å². The van der Waals surface area contributed by atoms with Gasteiger partial charge in [0.25, 0.3) is 0 Å². The van der Waals surface area contributed by atoms with Crippen molar-refractivity contribution in [3.63, 3.8) is 0 Å². The number of hydrogen-bond donors (Lipinski definition) is 3. The molecule has 0 heterocycles. The molecule has 0 bridgehead atoms. The number of benzene rings is 1. The SMILES string of the molecule is CC(O)c1cccc(NC(=O)NCC2(C)CCC2)c1. The minimum absolute atomic E-state index is 0.184. The molecule has 4 heteroatoms. The van der Waals surface area contributed by atoms with Gasteiger partial charge in [0.2, 0.25) is 0 Å². The van der Waals surface area contributed by atoms with Crippen LogP contribution >= 0.6 is 0 Å². The molecule has 19 heavy (non-hydrogen) atoms. The smallest absolute Gasteiger partial charge is 0.319 e. The molecule has 2 rings (SSSR count). The molecule has 0 aliphatic heterocycles. The number of urea groups is 1. The second-order valence-electron chi connectivity index (χ2n) is 5.77. The normalized spacial score (nSPS) is 18.3. The second-order valence-corrected chi connectivity index (χ2v) is 5.77. The van der Waals surface area contributed by atoms with Crippen molar-refractivity contribution in [1.82, 2.24) is 5.32 Å². The van der Waals surface area contributed by atoms with E-state index < -0.39 is 6.10 Å². The molecule has 2 amide bonds. The molecule has 1 atom stereocenters. The number of carbonyl (C=O) groups is 1. The summed E-state index contributed by atoms with van der Waals surface area (Å²) in [6.45, 7) is 4.62. The van der Waals surface area contributed by atoms with Crippen LogP contribution in [0.5, 0.6) is 0 Å². The fourth-order valence-electron chi connectivity index (χ4n) is 2.30. The molecule has 0 aromatic heterocycles. The molecular weight excluding hydrogens is 240 g/mol. The van der Waals surface area contributed by atoms with Crippen LogP contribution in [0.15, 0.2) is 24.3 Å². The average Bonchev–Trinajstić information content (AvgIpc) is 2.34. The minimum Gasteiger partial charge on any atom is -0.389 e. The number of hydrogen-bond acceptors (Lipinski definition) is 2. The molecule has 1 aliphatic rings. The van der Waals surface area contributed by atoms with Crippen molar-refractivity contribution < 1.29 is 9.90 Å². The van der Waals surface area contributed by atoms with Gasteiger partial charge in [-0.15, -0.1) is 0 Å². The van der Waals surface area contributed by atoms with Crippen molar-refractivity contribution in [2.24, 2.45) is 5.41 Å². The first-order chi connectivity index (χ1) is 8.98. The quantitative estimate of drug-likeness (QED) is 0.781. The van der Waals surface area contributed by atoms with Crippen LogP contribution in [0.25, 0.3) is 0 Å². The Morgan fingerprint density at radius 1 is 1.47 bits per heavy atom. The van der Waals surface area contributed by atoms with Gasteiger partial charge < -0.3 is 15.7 Å². The molecule has 1 saturated carbocycles. The Labute approximate surface area is 114 Å². The van der Waals surface area contributed by atoms with Crippen molar-refractivity contribution in [3.8, 4) is 0 Å². The van der Waals surface area contributed by atoms with E-state index in [4.69, 9.17) is 0 Å². The summed E-state index contributed by atoms with van der Waals surface area (Å²) < 4.78 is 0. The minimum atomic E-state index is -0.529. The first-order valence-electron chi connectivity index (χ1n) is 6.81. The van der Waals surface area contributed by atoms with Gasteiger partial charge in [0.15, 0.2) is 0 Å². The molecule has 1 aliphatic carbocycles. The Bertz CT molecular complexity index is 453. The highest BCUT2D eigenvalue weighted by Crippen LogP contribution is 2.39. The lowest BCUT2D eigenvalue weighted by Gasteiger charge is -2.38. The fourth-order valence-corrected chi connectivity index (χ4v) is 2.30. The van der Waals surface area contributed by atoms with Crippen LogP contribution in [0.2, 0.25) is 0 Å². The molecule has 0 spiro atoms. The Morgan fingerprint density at radius 3 is 2.79 bits per heavy atom. The van der Waals surface area contributed by atoms with Crippen LogP contribution in [0, 0.1) is 5.41 Å². The van der Waals surface area contributed by atoms with Gasteiger partial charge in [0.05, 0.1) is 6.10 Å². The Hall–Kier alpha value is -1.55. The van der Waals surface area contributed by atoms with Gasteiger partial charge in [-0.05, 0) is 42.9 Å². The molecule has 1 aromatic rings. The Morgan fingerprint density at radius 2 is 2.21 bits per heavy atom. The first kappa shape index (κ1) is 13.9. The third-order valence-electron chi connectivity index (χ3n) is 3.86. The van der Waals surface area contributed by atoms with Gasteiger partial charge in [-0.25, -0.2) is 4.79 Å². The zero-order valence-electron chi connectivity index (χ0n) is 11.6.